The van der Waals surface area contributed by atoms with Crippen LogP contribution in [0.4, 0.5) is 10.2 Å². The Labute approximate surface area is 233 Å². The van der Waals surface area contributed by atoms with Crippen LogP contribution in [-0.2, 0) is 12.8 Å². The number of hydrogen-bond donors (Lipinski definition) is 1. The Morgan fingerprint density at radius 3 is 2.98 bits per heavy atom. The van der Waals surface area contributed by atoms with E-state index in [0.29, 0.717) is 38.2 Å². The zero-order chi connectivity index (χ0) is 27.1. The molecule has 3 aliphatic heterocycles. The Bertz CT molecular complexity index is 1460. The SMILES string of the molecule is N#CCC1CNCCN1c1nc(OC[C@@]23CCCN2C[C@H](F)C3)nc2nc(-c3cncc4c3CCCC4)ccc12. The Morgan fingerprint density at radius 2 is 2.05 bits per heavy atom. The largest absolute Gasteiger partial charge is 0.461 e. The zero-order valence-electron chi connectivity index (χ0n) is 22.8. The van der Waals surface area contributed by atoms with Gasteiger partial charge in [0.2, 0.25) is 0 Å². The number of nitrogens with zero attached hydrogens (tertiary/aromatic N) is 7. The summed E-state index contributed by atoms with van der Waals surface area (Å²) in [6, 6.07) is 6.67. The lowest BCUT2D eigenvalue weighted by molar-refractivity contribution is 0.107. The Kier molecular flexibility index (Phi) is 6.72. The molecular formula is C30H35FN8O. The van der Waals surface area contributed by atoms with Crippen molar-refractivity contribution in [1.82, 2.24) is 30.2 Å². The molecule has 0 radical (unpaired) electrons. The molecule has 1 unspecified atom stereocenters. The fourth-order valence-electron chi connectivity index (χ4n) is 7.26. The molecular weight excluding hydrogens is 507 g/mol. The predicted molar refractivity (Wildman–Crippen MR) is 150 cm³/mol. The summed E-state index contributed by atoms with van der Waals surface area (Å²) in [5, 5.41) is 13.7. The van der Waals surface area contributed by atoms with Crippen molar-refractivity contribution in [2.75, 3.05) is 44.2 Å². The van der Waals surface area contributed by atoms with Crippen molar-refractivity contribution in [3.63, 3.8) is 0 Å². The molecule has 0 aromatic carbocycles. The van der Waals surface area contributed by atoms with E-state index in [1.165, 1.54) is 24.0 Å². The first kappa shape index (κ1) is 25.5. The highest BCUT2D eigenvalue weighted by molar-refractivity contribution is 5.89. The minimum absolute atomic E-state index is 0.0132. The minimum atomic E-state index is -0.820. The van der Waals surface area contributed by atoms with Crippen molar-refractivity contribution < 1.29 is 9.13 Å². The van der Waals surface area contributed by atoms with E-state index in [-0.39, 0.29) is 17.6 Å². The monoisotopic (exact) mass is 542 g/mol. The Morgan fingerprint density at radius 1 is 1.12 bits per heavy atom. The number of pyridine rings is 2. The number of rotatable bonds is 6. The summed E-state index contributed by atoms with van der Waals surface area (Å²) < 4.78 is 20.7. The molecule has 1 N–H and O–H groups in total. The lowest BCUT2D eigenvalue weighted by Crippen LogP contribution is -2.51. The van der Waals surface area contributed by atoms with Gasteiger partial charge >= 0.3 is 6.01 Å². The standard InChI is InChI=1S/C30H35FN8O/c31-21-14-30(9-3-12-38(30)18-21)19-40-29-36-27-24(28(37-29)39-13-11-33-16-22(39)8-10-32)6-7-26(35-27)25-17-34-15-20-4-1-2-5-23(20)25/h6-7,15,17,21-22,33H,1-5,8-9,11-14,16,18-19H2/t21-,22?,30+/m1/s1. The number of alkyl halides is 1. The fraction of sp³-hybridized carbons (Fsp3) is 0.567. The Hall–Kier alpha value is -3.42. The van der Waals surface area contributed by atoms with Crippen LogP contribution in [0.3, 0.4) is 0 Å². The number of anilines is 1. The molecule has 3 atom stereocenters. The molecule has 40 heavy (non-hydrogen) atoms. The molecule has 9 nitrogen and oxygen atoms in total. The molecule has 3 aromatic heterocycles. The summed E-state index contributed by atoms with van der Waals surface area (Å²) >= 11 is 0. The van der Waals surface area contributed by atoms with Gasteiger partial charge < -0.3 is 15.0 Å². The van der Waals surface area contributed by atoms with Crippen molar-refractivity contribution in [2.24, 2.45) is 0 Å². The molecule has 208 valence electrons. The summed E-state index contributed by atoms with van der Waals surface area (Å²) in [6.45, 7) is 3.97. The zero-order valence-corrected chi connectivity index (χ0v) is 22.8. The van der Waals surface area contributed by atoms with Gasteiger partial charge in [-0.15, -0.1) is 0 Å². The van der Waals surface area contributed by atoms with Gasteiger partial charge in [0.15, 0.2) is 5.65 Å². The molecule has 0 spiro atoms. The maximum Gasteiger partial charge on any atom is 0.320 e. The highest BCUT2D eigenvalue weighted by Crippen LogP contribution is 2.40. The number of halogens is 1. The van der Waals surface area contributed by atoms with Gasteiger partial charge in [0, 0.05) is 50.6 Å². The second kappa shape index (κ2) is 10.5. The molecule has 0 amide bonds. The van der Waals surface area contributed by atoms with Gasteiger partial charge in [0.05, 0.1) is 35.2 Å². The van der Waals surface area contributed by atoms with Gasteiger partial charge in [-0.3, -0.25) is 9.88 Å². The first-order valence-corrected chi connectivity index (χ1v) is 14.6. The lowest BCUT2D eigenvalue weighted by atomic mass is 9.89. The lowest BCUT2D eigenvalue weighted by Gasteiger charge is -2.36. The predicted octanol–water partition coefficient (Wildman–Crippen LogP) is 3.61. The van der Waals surface area contributed by atoms with Crippen molar-refractivity contribution >= 4 is 16.9 Å². The first-order valence-electron chi connectivity index (χ1n) is 14.6. The second-order valence-electron chi connectivity index (χ2n) is 11.7. The van der Waals surface area contributed by atoms with E-state index in [2.05, 4.69) is 26.2 Å². The average molecular weight is 543 g/mol. The summed E-state index contributed by atoms with van der Waals surface area (Å²) in [5.41, 5.74) is 4.82. The molecule has 6 heterocycles. The molecule has 4 aliphatic rings. The second-order valence-corrected chi connectivity index (χ2v) is 11.7. The molecule has 7 rings (SSSR count). The molecule has 3 fully saturated rings. The van der Waals surface area contributed by atoms with Gasteiger partial charge in [-0.1, -0.05) is 0 Å². The molecule has 1 aliphatic carbocycles. The maximum atomic E-state index is 14.4. The van der Waals surface area contributed by atoms with Crippen LogP contribution in [0.25, 0.3) is 22.3 Å². The number of fused-ring (bicyclic) bond motifs is 3. The van der Waals surface area contributed by atoms with Gasteiger partial charge in [0.1, 0.15) is 18.6 Å². The van der Waals surface area contributed by atoms with E-state index in [1.54, 1.807) is 0 Å². The van der Waals surface area contributed by atoms with Crippen LogP contribution in [0, 0.1) is 11.3 Å². The van der Waals surface area contributed by atoms with E-state index < -0.39 is 6.17 Å². The highest BCUT2D eigenvalue weighted by Gasteiger charge is 2.49. The van der Waals surface area contributed by atoms with Gasteiger partial charge in [-0.05, 0) is 68.3 Å². The van der Waals surface area contributed by atoms with Crippen molar-refractivity contribution in [1.29, 1.82) is 5.26 Å². The van der Waals surface area contributed by atoms with Crippen LogP contribution in [-0.4, -0.2) is 81.9 Å². The normalized spacial score (nSPS) is 26.4. The van der Waals surface area contributed by atoms with Crippen LogP contribution in [0.2, 0.25) is 0 Å². The number of hydrogen-bond acceptors (Lipinski definition) is 9. The topological polar surface area (TPSA) is 103 Å². The number of piperazine rings is 1. The average Bonchev–Trinajstić information content (AvgIpc) is 3.51. The molecule has 3 aromatic rings. The highest BCUT2D eigenvalue weighted by atomic mass is 19.1. The summed E-state index contributed by atoms with van der Waals surface area (Å²) in [6.07, 6.45) is 10.4. The van der Waals surface area contributed by atoms with Crippen LogP contribution in [0.1, 0.15) is 49.7 Å². The third-order valence-corrected chi connectivity index (χ3v) is 9.24. The van der Waals surface area contributed by atoms with E-state index >= 15 is 0 Å². The van der Waals surface area contributed by atoms with Crippen LogP contribution in [0.5, 0.6) is 6.01 Å². The van der Waals surface area contributed by atoms with E-state index in [4.69, 9.17) is 19.7 Å². The van der Waals surface area contributed by atoms with Crippen molar-refractivity contribution in [2.45, 2.75) is 69.1 Å². The number of aryl methyl sites for hydroxylation is 1. The quantitative estimate of drug-likeness (QED) is 0.500. The summed E-state index contributed by atoms with van der Waals surface area (Å²) in [7, 11) is 0. The minimum Gasteiger partial charge on any atom is -0.461 e. The third kappa shape index (κ3) is 4.55. The third-order valence-electron chi connectivity index (χ3n) is 9.24. The molecule has 0 bridgehead atoms. The summed E-state index contributed by atoms with van der Waals surface area (Å²) in [5.74, 6) is 0.740. The number of aromatic nitrogens is 4. The van der Waals surface area contributed by atoms with Crippen molar-refractivity contribution in [3.8, 4) is 23.3 Å². The van der Waals surface area contributed by atoms with E-state index in [1.807, 2.05) is 24.5 Å². The van der Waals surface area contributed by atoms with Crippen LogP contribution < -0.4 is 15.0 Å². The molecule has 3 saturated heterocycles. The van der Waals surface area contributed by atoms with Crippen LogP contribution in [0.15, 0.2) is 24.5 Å². The summed E-state index contributed by atoms with van der Waals surface area (Å²) in [4.78, 5) is 23.7. The molecule has 0 saturated carbocycles. The van der Waals surface area contributed by atoms with Gasteiger partial charge in [-0.2, -0.15) is 15.2 Å². The van der Waals surface area contributed by atoms with E-state index in [9.17, 15) is 9.65 Å². The van der Waals surface area contributed by atoms with Gasteiger partial charge in [-0.25, -0.2) is 9.37 Å². The number of ether oxygens (including phenoxy) is 1. The van der Waals surface area contributed by atoms with Crippen molar-refractivity contribution in [3.05, 3.63) is 35.7 Å². The molecule has 10 heteroatoms. The first-order chi connectivity index (χ1) is 19.6. The van der Waals surface area contributed by atoms with E-state index in [0.717, 1.165) is 67.8 Å². The van der Waals surface area contributed by atoms with Crippen LogP contribution >= 0.6 is 0 Å². The number of nitriles is 1. The fourth-order valence-corrected chi connectivity index (χ4v) is 7.26. The number of nitrogens with one attached hydrogen (secondary N) is 1. The maximum absolute atomic E-state index is 14.4. The van der Waals surface area contributed by atoms with Gasteiger partial charge in [0.25, 0.3) is 0 Å². The Balaban J connectivity index is 1.29. The smallest absolute Gasteiger partial charge is 0.320 e.